The van der Waals surface area contributed by atoms with Gasteiger partial charge in [0.15, 0.2) is 0 Å². The van der Waals surface area contributed by atoms with Gasteiger partial charge in [0.05, 0.1) is 6.61 Å². The van der Waals surface area contributed by atoms with E-state index in [4.69, 9.17) is 4.74 Å². The van der Waals surface area contributed by atoms with Crippen molar-refractivity contribution in [2.45, 2.75) is 26.7 Å². The van der Waals surface area contributed by atoms with Gasteiger partial charge in [0.2, 0.25) is 0 Å². The molecule has 0 aliphatic carbocycles. The molecule has 0 aliphatic heterocycles. The van der Waals surface area contributed by atoms with E-state index >= 15 is 0 Å². The van der Waals surface area contributed by atoms with Gasteiger partial charge >= 0.3 is 5.97 Å². The highest BCUT2D eigenvalue weighted by Gasteiger charge is 1.90. The summed E-state index contributed by atoms with van der Waals surface area (Å²) in [5, 5.41) is 0. The van der Waals surface area contributed by atoms with Crippen LogP contribution >= 0.6 is 0 Å². The number of hydrogen-bond donors (Lipinski definition) is 0. The zero-order valence-corrected chi connectivity index (χ0v) is 8.59. The minimum Gasteiger partial charge on any atom is -0.463 e. The Morgan fingerprint density at radius 1 is 1.43 bits per heavy atom. The minimum atomic E-state index is -0.297. The predicted octanol–water partition coefficient (Wildman–Crippen LogP) is 1.91. The summed E-state index contributed by atoms with van der Waals surface area (Å²) in [6.07, 6.45) is 4.64. The predicted molar refractivity (Wildman–Crippen MR) is 56.2 cm³/mol. The Hall–Kier alpha value is -1.67. The zero-order chi connectivity index (χ0) is 10.6. The van der Waals surface area contributed by atoms with Crippen LogP contribution in [-0.2, 0) is 9.53 Å². The summed E-state index contributed by atoms with van der Waals surface area (Å²) in [5.74, 6) is 10.6. The summed E-state index contributed by atoms with van der Waals surface area (Å²) in [7, 11) is 0. The molecular formula is C12H14O2. The van der Waals surface area contributed by atoms with Gasteiger partial charge in [-0.3, -0.25) is 0 Å². The van der Waals surface area contributed by atoms with Crippen molar-refractivity contribution in [3.63, 3.8) is 0 Å². The fraction of sp³-hybridized carbons (Fsp3) is 0.417. The van der Waals surface area contributed by atoms with E-state index < -0.39 is 0 Å². The van der Waals surface area contributed by atoms with Gasteiger partial charge in [-0.05, 0) is 32.1 Å². The van der Waals surface area contributed by atoms with E-state index in [2.05, 4.69) is 23.7 Å². The quantitative estimate of drug-likeness (QED) is 0.293. The van der Waals surface area contributed by atoms with Crippen LogP contribution in [0.2, 0.25) is 0 Å². The Kier molecular flexibility index (Phi) is 8.29. The van der Waals surface area contributed by atoms with Gasteiger partial charge in [0.1, 0.15) is 0 Å². The highest BCUT2D eigenvalue weighted by Crippen LogP contribution is 1.90. The molecule has 0 fully saturated rings. The molecule has 0 unspecified atom stereocenters. The molecule has 14 heavy (non-hydrogen) atoms. The lowest BCUT2D eigenvalue weighted by Crippen LogP contribution is -1.98. The van der Waals surface area contributed by atoms with Crippen LogP contribution in [-0.4, -0.2) is 12.6 Å². The van der Waals surface area contributed by atoms with E-state index in [1.54, 1.807) is 19.9 Å². The Balaban J connectivity index is 3.58. The minimum absolute atomic E-state index is 0.297. The van der Waals surface area contributed by atoms with Crippen LogP contribution in [0.1, 0.15) is 26.7 Å². The molecule has 0 bridgehead atoms. The number of rotatable bonds is 4. The van der Waals surface area contributed by atoms with Gasteiger partial charge in [-0.2, -0.15) is 0 Å². The number of allylic oxidation sites excluding steroid dienone is 1. The van der Waals surface area contributed by atoms with E-state index in [0.29, 0.717) is 13.0 Å². The van der Waals surface area contributed by atoms with E-state index in [9.17, 15) is 4.79 Å². The maximum Gasteiger partial charge on any atom is 0.330 e. The lowest BCUT2D eigenvalue weighted by atomic mass is 10.3. The van der Waals surface area contributed by atoms with Crippen LogP contribution in [0.3, 0.4) is 0 Å². The van der Waals surface area contributed by atoms with E-state index in [0.717, 1.165) is 6.42 Å². The monoisotopic (exact) mass is 190 g/mol. The second-order valence-electron chi connectivity index (χ2n) is 2.37. The average Bonchev–Trinajstić information content (AvgIpc) is 2.17. The van der Waals surface area contributed by atoms with Crippen molar-refractivity contribution < 1.29 is 9.53 Å². The largest absolute Gasteiger partial charge is 0.463 e. The SMILES string of the molecule is CC#CC#CCC/C=C/C(=O)OCC. The van der Waals surface area contributed by atoms with Crippen LogP contribution in [0.5, 0.6) is 0 Å². The lowest BCUT2D eigenvalue weighted by Gasteiger charge is -1.93. The van der Waals surface area contributed by atoms with E-state index in [1.807, 2.05) is 0 Å². The van der Waals surface area contributed by atoms with Gasteiger partial charge in [-0.25, -0.2) is 4.79 Å². The number of carbonyl (C=O) groups is 1. The third kappa shape index (κ3) is 8.43. The van der Waals surface area contributed by atoms with Gasteiger partial charge in [0, 0.05) is 12.5 Å². The Labute approximate surface area is 85.3 Å². The molecular weight excluding hydrogens is 176 g/mol. The maximum absolute atomic E-state index is 10.8. The molecule has 0 radical (unpaired) electrons. The highest BCUT2D eigenvalue weighted by molar-refractivity contribution is 5.81. The Bertz CT molecular complexity index is 305. The summed E-state index contributed by atoms with van der Waals surface area (Å²) < 4.78 is 4.70. The van der Waals surface area contributed by atoms with Gasteiger partial charge in [0.25, 0.3) is 0 Å². The van der Waals surface area contributed by atoms with Crippen LogP contribution in [0, 0.1) is 23.7 Å². The summed E-state index contributed by atoms with van der Waals surface area (Å²) in [4.78, 5) is 10.8. The number of ether oxygens (including phenoxy) is 1. The third-order valence-corrected chi connectivity index (χ3v) is 1.25. The third-order valence-electron chi connectivity index (χ3n) is 1.25. The lowest BCUT2D eigenvalue weighted by molar-refractivity contribution is -0.137. The first-order valence-electron chi connectivity index (χ1n) is 4.54. The Morgan fingerprint density at radius 2 is 2.21 bits per heavy atom. The van der Waals surface area contributed by atoms with E-state index in [-0.39, 0.29) is 5.97 Å². The van der Waals surface area contributed by atoms with Crippen molar-refractivity contribution in [1.29, 1.82) is 0 Å². The van der Waals surface area contributed by atoms with E-state index in [1.165, 1.54) is 6.08 Å². The first-order valence-corrected chi connectivity index (χ1v) is 4.54. The van der Waals surface area contributed by atoms with Gasteiger partial charge < -0.3 is 4.74 Å². The van der Waals surface area contributed by atoms with Crippen molar-refractivity contribution in [2.75, 3.05) is 6.61 Å². The smallest absolute Gasteiger partial charge is 0.330 e. The maximum atomic E-state index is 10.8. The van der Waals surface area contributed by atoms with Crippen LogP contribution in [0.4, 0.5) is 0 Å². The van der Waals surface area contributed by atoms with Gasteiger partial charge in [-0.1, -0.05) is 17.9 Å². The molecule has 0 N–H and O–H groups in total. The summed E-state index contributed by atoms with van der Waals surface area (Å²) in [5.41, 5.74) is 0. The number of carbonyl (C=O) groups excluding carboxylic acids is 1. The second-order valence-corrected chi connectivity index (χ2v) is 2.37. The van der Waals surface area contributed by atoms with Crippen LogP contribution < -0.4 is 0 Å². The first kappa shape index (κ1) is 12.3. The molecule has 0 heterocycles. The molecule has 0 rings (SSSR count). The molecule has 74 valence electrons. The fourth-order valence-electron chi connectivity index (χ4n) is 0.695. The summed E-state index contributed by atoms with van der Waals surface area (Å²) in [6, 6.07) is 0. The zero-order valence-electron chi connectivity index (χ0n) is 8.59. The summed E-state index contributed by atoms with van der Waals surface area (Å²) in [6.45, 7) is 3.94. The Morgan fingerprint density at radius 3 is 2.86 bits per heavy atom. The second kappa shape index (κ2) is 9.42. The molecule has 0 aliphatic rings. The van der Waals surface area contributed by atoms with Crippen molar-refractivity contribution in [3.05, 3.63) is 12.2 Å². The standard InChI is InChI=1S/C12H14O2/c1-3-5-6-7-8-9-10-11-12(13)14-4-2/h10-11H,4,8-9H2,1-2H3/b11-10+. The van der Waals surface area contributed by atoms with Crippen LogP contribution in [0.25, 0.3) is 0 Å². The molecule has 2 nitrogen and oxygen atoms in total. The number of esters is 1. The topological polar surface area (TPSA) is 26.3 Å². The molecule has 0 atom stereocenters. The molecule has 0 aromatic carbocycles. The van der Waals surface area contributed by atoms with Gasteiger partial charge in [-0.15, -0.1) is 0 Å². The molecule has 0 aromatic heterocycles. The molecule has 2 heteroatoms. The normalized spacial score (nSPS) is 8.43. The average molecular weight is 190 g/mol. The number of unbranched alkanes of at least 4 members (excludes halogenated alkanes) is 1. The molecule has 0 aromatic rings. The first-order chi connectivity index (χ1) is 6.81. The molecule has 0 saturated carbocycles. The molecule has 0 spiro atoms. The van der Waals surface area contributed by atoms with Crippen LogP contribution in [0.15, 0.2) is 12.2 Å². The summed E-state index contributed by atoms with van der Waals surface area (Å²) >= 11 is 0. The van der Waals surface area contributed by atoms with Crippen molar-refractivity contribution in [3.8, 4) is 23.7 Å². The number of hydrogen-bond acceptors (Lipinski definition) is 2. The van der Waals surface area contributed by atoms with Crippen molar-refractivity contribution in [1.82, 2.24) is 0 Å². The fourth-order valence-corrected chi connectivity index (χ4v) is 0.695. The molecule has 0 saturated heterocycles. The van der Waals surface area contributed by atoms with Crippen molar-refractivity contribution in [2.24, 2.45) is 0 Å². The highest BCUT2D eigenvalue weighted by atomic mass is 16.5. The van der Waals surface area contributed by atoms with Crippen molar-refractivity contribution >= 4 is 5.97 Å². The molecule has 0 amide bonds.